The van der Waals surface area contributed by atoms with Gasteiger partial charge in [-0.05, 0) is 42.8 Å². The number of amides is 1. The first-order chi connectivity index (χ1) is 10.1. The summed E-state index contributed by atoms with van der Waals surface area (Å²) in [4.78, 5) is 12.1. The zero-order valence-corrected chi connectivity index (χ0v) is 11.6. The minimum atomic E-state index is -0.449. The Bertz CT molecular complexity index is 729. The van der Waals surface area contributed by atoms with Gasteiger partial charge < -0.3 is 11.1 Å². The van der Waals surface area contributed by atoms with Gasteiger partial charge in [-0.1, -0.05) is 24.0 Å². The van der Waals surface area contributed by atoms with Gasteiger partial charge in [-0.25, -0.2) is 4.39 Å². The molecular weight excluding hydrogens is 267 g/mol. The summed E-state index contributed by atoms with van der Waals surface area (Å²) in [6.45, 7) is 2.18. The van der Waals surface area contributed by atoms with Crippen molar-refractivity contribution in [3.63, 3.8) is 0 Å². The van der Waals surface area contributed by atoms with E-state index in [2.05, 4.69) is 17.2 Å². The van der Waals surface area contributed by atoms with E-state index >= 15 is 0 Å². The van der Waals surface area contributed by atoms with Gasteiger partial charge in [0.1, 0.15) is 5.82 Å². The fourth-order valence-corrected chi connectivity index (χ4v) is 1.84. The molecule has 0 saturated heterocycles. The number of nitrogens with one attached hydrogen (secondary N) is 1. The fraction of sp³-hybridized carbons (Fsp3) is 0.118. The standard InChI is InChI=1S/C17H15FN2O/c1-12-7-8-16(13(10-12)5-3-9-19)20-17(21)14-4-2-6-15(18)11-14/h2,4,6-8,10-11H,9,19H2,1H3,(H,20,21). The number of hydrogen-bond donors (Lipinski definition) is 2. The van der Waals surface area contributed by atoms with Crippen molar-refractivity contribution in [2.75, 3.05) is 11.9 Å². The van der Waals surface area contributed by atoms with Crippen molar-refractivity contribution in [1.82, 2.24) is 0 Å². The first-order valence-electron chi connectivity index (χ1n) is 6.46. The molecule has 0 aliphatic rings. The second-order valence-electron chi connectivity index (χ2n) is 4.52. The van der Waals surface area contributed by atoms with Gasteiger partial charge >= 0.3 is 0 Å². The number of aryl methyl sites for hydroxylation is 1. The Hall–Kier alpha value is -2.64. The molecule has 2 aromatic rings. The Morgan fingerprint density at radius 3 is 2.81 bits per heavy atom. The number of benzene rings is 2. The molecule has 106 valence electrons. The van der Waals surface area contributed by atoms with Gasteiger partial charge in [0.25, 0.3) is 5.91 Å². The van der Waals surface area contributed by atoms with Crippen LogP contribution in [0, 0.1) is 24.6 Å². The van der Waals surface area contributed by atoms with Crippen LogP contribution in [-0.2, 0) is 0 Å². The van der Waals surface area contributed by atoms with Crippen molar-refractivity contribution in [1.29, 1.82) is 0 Å². The molecule has 0 aromatic heterocycles. The van der Waals surface area contributed by atoms with Gasteiger partial charge in [0, 0.05) is 11.1 Å². The number of carbonyl (C=O) groups is 1. The van der Waals surface area contributed by atoms with Gasteiger partial charge in [-0.2, -0.15) is 0 Å². The summed E-state index contributed by atoms with van der Waals surface area (Å²) in [5.74, 6) is 4.85. The second kappa shape index (κ2) is 6.69. The zero-order valence-electron chi connectivity index (χ0n) is 11.6. The van der Waals surface area contributed by atoms with Crippen LogP contribution in [0.3, 0.4) is 0 Å². The van der Waals surface area contributed by atoms with Crippen molar-refractivity contribution in [2.24, 2.45) is 5.73 Å². The molecule has 0 bridgehead atoms. The fourth-order valence-electron chi connectivity index (χ4n) is 1.84. The lowest BCUT2D eigenvalue weighted by atomic mass is 10.1. The minimum Gasteiger partial charge on any atom is -0.321 e. The Labute approximate surface area is 123 Å². The number of carbonyl (C=O) groups excluding carboxylic acids is 1. The zero-order chi connectivity index (χ0) is 15.2. The van der Waals surface area contributed by atoms with Crippen LogP contribution in [0.4, 0.5) is 10.1 Å². The van der Waals surface area contributed by atoms with Crippen molar-refractivity contribution >= 4 is 11.6 Å². The van der Waals surface area contributed by atoms with Crippen molar-refractivity contribution < 1.29 is 9.18 Å². The summed E-state index contributed by atoms with van der Waals surface area (Å²) in [6.07, 6.45) is 0. The summed E-state index contributed by atoms with van der Waals surface area (Å²) in [6, 6.07) is 11.0. The molecule has 0 aliphatic carbocycles. The molecule has 21 heavy (non-hydrogen) atoms. The molecule has 2 rings (SSSR count). The highest BCUT2D eigenvalue weighted by Gasteiger charge is 2.09. The summed E-state index contributed by atoms with van der Waals surface area (Å²) < 4.78 is 13.1. The third kappa shape index (κ3) is 3.91. The predicted molar refractivity (Wildman–Crippen MR) is 81.5 cm³/mol. The van der Waals surface area contributed by atoms with Crippen molar-refractivity contribution in [3.05, 3.63) is 65.0 Å². The smallest absolute Gasteiger partial charge is 0.255 e. The van der Waals surface area contributed by atoms with E-state index in [4.69, 9.17) is 5.73 Å². The van der Waals surface area contributed by atoms with Crippen LogP contribution in [0.2, 0.25) is 0 Å². The van der Waals surface area contributed by atoms with Gasteiger partial charge in [-0.3, -0.25) is 4.79 Å². The molecule has 1 amide bonds. The van der Waals surface area contributed by atoms with E-state index in [-0.39, 0.29) is 18.0 Å². The van der Waals surface area contributed by atoms with Gasteiger partial charge in [-0.15, -0.1) is 0 Å². The first kappa shape index (κ1) is 14.8. The molecule has 2 aromatic carbocycles. The highest BCUT2D eigenvalue weighted by atomic mass is 19.1. The summed E-state index contributed by atoms with van der Waals surface area (Å²) >= 11 is 0. The average molecular weight is 282 g/mol. The van der Waals surface area contributed by atoms with Crippen LogP contribution in [0.25, 0.3) is 0 Å². The van der Waals surface area contributed by atoms with E-state index in [0.29, 0.717) is 11.3 Å². The Morgan fingerprint density at radius 1 is 1.29 bits per heavy atom. The molecule has 4 heteroatoms. The Balaban J connectivity index is 2.29. The molecule has 0 aliphatic heterocycles. The van der Waals surface area contributed by atoms with Crippen LogP contribution in [-0.4, -0.2) is 12.5 Å². The number of nitrogens with two attached hydrogens (primary N) is 1. The molecule has 3 N–H and O–H groups in total. The van der Waals surface area contributed by atoms with E-state index in [0.717, 1.165) is 5.56 Å². The number of hydrogen-bond acceptors (Lipinski definition) is 2. The lowest BCUT2D eigenvalue weighted by Crippen LogP contribution is -2.13. The largest absolute Gasteiger partial charge is 0.321 e. The normalized spacial score (nSPS) is 9.67. The SMILES string of the molecule is Cc1ccc(NC(=O)c2cccc(F)c2)c(C#CCN)c1. The summed E-state index contributed by atoms with van der Waals surface area (Å²) in [7, 11) is 0. The Morgan fingerprint density at radius 2 is 2.10 bits per heavy atom. The quantitative estimate of drug-likeness (QED) is 0.832. The van der Waals surface area contributed by atoms with Gasteiger partial charge in [0.2, 0.25) is 0 Å². The van der Waals surface area contributed by atoms with E-state index < -0.39 is 5.82 Å². The number of halogens is 1. The minimum absolute atomic E-state index is 0.241. The highest BCUT2D eigenvalue weighted by molar-refractivity contribution is 6.04. The summed E-state index contributed by atoms with van der Waals surface area (Å²) in [5.41, 5.74) is 7.92. The molecule has 0 unspecified atom stereocenters. The lowest BCUT2D eigenvalue weighted by Gasteiger charge is -2.08. The molecule has 0 spiro atoms. The van der Waals surface area contributed by atoms with E-state index in [1.807, 2.05) is 19.1 Å². The van der Waals surface area contributed by atoms with E-state index in [1.54, 1.807) is 12.1 Å². The monoisotopic (exact) mass is 282 g/mol. The summed E-state index contributed by atoms with van der Waals surface area (Å²) in [5, 5.41) is 2.74. The maximum Gasteiger partial charge on any atom is 0.255 e. The van der Waals surface area contributed by atoms with Crippen molar-refractivity contribution in [3.8, 4) is 11.8 Å². The molecule has 0 atom stereocenters. The second-order valence-corrected chi connectivity index (χ2v) is 4.52. The van der Waals surface area contributed by atoms with Crippen LogP contribution < -0.4 is 11.1 Å². The topological polar surface area (TPSA) is 55.1 Å². The molecule has 3 nitrogen and oxygen atoms in total. The molecule has 0 fully saturated rings. The van der Waals surface area contributed by atoms with Crippen LogP contribution in [0.5, 0.6) is 0 Å². The third-order valence-corrected chi connectivity index (χ3v) is 2.84. The van der Waals surface area contributed by atoms with Gasteiger partial charge in [0.15, 0.2) is 0 Å². The Kier molecular flexibility index (Phi) is 4.70. The first-order valence-corrected chi connectivity index (χ1v) is 6.46. The third-order valence-electron chi connectivity index (χ3n) is 2.84. The van der Waals surface area contributed by atoms with Crippen molar-refractivity contribution in [2.45, 2.75) is 6.92 Å². The average Bonchev–Trinajstić information content (AvgIpc) is 2.47. The van der Waals surface area contributed by atoms with E-state index in [9.17, 15) is 9.18 Å². The lowest BCUT2D eigenvalue weighted by molar-refractivity contribution is 0.102. The van der Waals surface area contributed by atoms with Gasteiger partial charge in [0.05, 0.1) is 12.2 Å². The molecule has 0 radical (unpaired) electrons. The van der Waals surface area contributed by atoms with Crippen LogP contribution >= 0.6 is 0 Å². The van der Waals surface area contributed by atoms with Crippen LogP contribution in [0.1, 0.15) is 21.5 Å². The number of rotatable bonds is 2. The molecule has 0 saturated carbocycles. The van der Waals surface area contributed by atoms with Crippen LogP contribution in [0.15, 0.2) is 42.5 Å². The predicted octanol–water partition coefficient (Wildman–Crippen LogP) is 2.70. The molecular formula is C17H15FN2O. The maximum absolute atomic E-state index is 13.1. The van der Waals surface area contributed by atoms with E-state index in [1.165, 1.54) is 18.2 Å². The maximum atomic E-state index is 13.1. The number of anilines is 1. The molecule has 0 heterocycles. The highest BCUT2D eigenvalue weighted by Crippen LogP contribution is 2.17.